The summed E-state index contributed by atoms with van der Waals surface area (Å²) >= 11 is 3.09. The van der Waals surface area contributed by atoms with Crippen LogP contribution >= 0.6 is 35.1 Å². The SMILES string of the molecule is CCCc1nc(C)c(C(=O)Nc2ncc(C3CCNCC3)s2)s1.Cl. The third-order valence-electron chi connectivity index (χ3n) is 4.00. The molecule has 0 bridgehead atoms. The van der Waals surface area contributed by atoms with Crippen LogP contribution in [0.15, 0.2) is 6.20 Å². The van der Waals surface area contributed by atoms with E-state index in [1.165, 1.54) is 16.2 Å². The Morgan fingerprint density at radius 1 is 1.38 bits per heavy atom. The molecule has 24 heavy (non-hydrogen) atoms. The van der Waals surface area contributed by atoms with Crippen LogP contribution in [0, 0.1) is 6.92 Å². The van der Waals surface area contributed by atoms with Gasteiger partial charge in [-0.1, -0.05) is 6.92 Å². The average Bonchev–Trinajstić information content (AvgIpc) is 3.15. The second-order valence-corrected chi connectivity index (χ2v) is 7.96. The Hall–Kier alpha value is -1.02. The van der Waals surface area contributed by atoms with Crippen LogP contribution in [-0.4, -0.2) is 29.0 Å². The molecule has 0 atom stereocenters. The molecule has 0 radical (unpaired) electrons. The van der Waals surface area contributed by atoms with Crippen LogP contribution in [0.1, 0.15) is 57.4 Å². The molecule has 0 aliphatic carbocycles. The van der Waals surface area contributed by atoms with Gasteiger partial charge in [0.25, 0.3) is 5.91 Å². The topological polar surface area (TPSA) is 66.9 Å². The zero-order valence-electron chi connectivity index (χ0n) is 13.9. The number of hydrogen-bond acceptors (Lipinski definition) is 6. The number of amides is 1. The van der Waals surface area contributed by atoms with E-state index in [-0.39, 0.29) is 18.3 Å². The molecule has 3 rings (SSSR count). The molecule has 0 aromatic carbocycles. The van der Waals surface area contributed by atoms with Gasteiger partial charge in [0.2, 0.25) is 0 Å². The van der Waals surface area contributed by atoms with Crippen LogP contribution in [-0.2, 0) is 6.42 Å². The first-order valence-electron chi connectivity index (χ1n) is 8.11. The quantitative estimate of drug-likeness (QED) is 0.814. The molecule has 132 valence electrons. The lowest BCUT2D eigenvalue weighted by molar-refractivity contribution is 0.103. The number of aryl methyl sites for hydroxylation is 2. The van der Waals surface area contributed by atoms with Crippen molar-refractivity contribution in [3.63, 3.8) is 0 Å². The van der Waals surface area contributed by atoms with Crippen LogP contribution in [0.5, 0.6) is 0 Å². The van der Waals surface area contributed by atoms with Crippen LogP contribution in [0.4, 0.5) is 5.13 Å². The molecule has 5 nitrogen and oxygen atoms in total. The van der Waals surface area contributed by atoms with E-state index < -0.39 is 0 Å². The first-order valence-corrected chi connectivity index (χ1v) is 9.74. The molecule has 1 aliphatic rings. The van der Waals surface area contributed by atoms with E-state index in [9.17, 15) is 4.79 Å². The number of halogens is 1. The van der Waals surface area contributed by atoms with E-state index >= 15 is 0 Å². The molecular weight excluding hydrogens is 364 g/mol. The van der Waals surface area contributed by atoms with Crippen LogP contribution in [0.2, 0.25) is 0 Å². The summed E-state index contributed by atoms with van der Waals surface area (Å²) in [7, 11) is 0. The molecule has 1 saturated heterocycles. The first kappa shape index (κ1) is 19.3. The standard InChI is InChI=1S/C16H22N4OS2.ClH/c1-3-4-13-19-10(2)14(23-13)15(21)20-16-18-9-12(22-16)11-5-7-17-8-6-11;/h9,11,17H,3-8H2,1-2H3,(H,18,20,21);1H. The normalized spacial score (nSPS) is 15.1. The number of carbonyl (C=O) groups is 1. The van der Waals surface area contributed by atoms with Crippen molar-refractivity contribution in [2.24, 2.45) is 0 Å². The highest BCUT2D eigenvalue weighted by atomic mass is 35.5. The largest absolute Gasteiger partial charge is 0.317 e. The van der Waals surface area contributed by atoms with Gasteiger partial charge in [-0.2, -0.15) is 0 Å². The van der Waals surface area contributed by atoms with E-state index in [1.807, 2.05) is 13.1 Å². The molecule has 2 aromatic heterocycles. The van der Waals surface area contributed by atoms with Crippen molar-refractivity contribution in [3.8, 4) is 0 Å². The van der Waals surface area contributed by atoms with Gasteiger partial charge in [0, 0.05) is 11.1 Å². The van der Waals surface area contributed by atoms with Crippen molar-refractivity contribution >= 4 is 46.1 Å². The van der Waals surface area contributed by atoms with Crippen LogP contribution in [0.25, 0.3) is 0 Å². The molecule has 2 N–H and O–H groups in total. The molecule has 3 heterocycles. The van der Waals surface area contributed by atoms with Crippen molar-refractivity contribution in [2.45, 2.75) is 45.4 Å². The summed E-state index contributed by atoms with van der Waals surface area (Å²) in [6, 6.07) is 0. The van der Waals surface area contributed by atoms with Gasteiger partial charge < -0.3 is 5.32 Å². The van der Waals surface area contributed by atoms with Gasteiger partial charge >= 0.3 is 0 Å². The maximum Gasteiger partial charge on any atom is 0.269 e. The fourth-order valence-electron chi connectivity index (χ4n) is 2.78. The highest BCUT2D eigenvalue weighted by Crippen LogP contribution is 2.32. The minimum Gasteiger partial charge on any atom is -0.317 e. The summed E-state index contributed by atoms with van der Waals surface area (Å²) in [5.74, 6) is 0.481. The van der Waals surface area contributed by atoms with Gasteiger partial charge in [-0.3, -0.25) is 10.1 Å². The summed E-state index contributed by atoms with van der Waals surface area (Å²) in [6.45, 7) is 6.14. The van der Waals surface area contributed by atoms with Crippen LogP contribution < -0.4 is 10.6 Å². The van der Waals surface area contributed by atoms with E-state index in [2.05, 4.69) is 27.5 Å². The lowest BCUT2D eigenvalue weighted by Gasteiger charge is -2.20. The third kappa shape index (κ3) is 4.53. The van der Waals surface area contributed by atoms with Gasteiger partial charge in [-0.05, 0) is 51.6 Å². The average molecular weight is 387 g/mol. The van der Waals surface area contributed by atoms with Gasteiger partial charge in [0.15, 0.2) is 5.13 Å². The Balaban J connectivity index is 0.00000208. The minimum atomic E-state index is -0.0893. The van der Waals surface area contributed by atoms with Crippen molar-refractivity contribution in [1.29, 1.82) is 0 Å². The Morgan fingerprint density at radius 3 is 2.83 bits per heavy atom. The number of thiazole rings is 2. The van der Waals surface area contributed by atoms with Gasteiger partial charge in [0.05, 0.1) is 10.7 Å². The number of aromatic nitrogens is 2. The van der Waals surface area contributed by atoms with Gasteiger partial charge in [-0.15, -0.1) is 35.1 Å². The number of hydrogen-bond donors (Lipinski definition) is 2. The van der Waals surface area contributed by atoms with Crippen LogP contribution in [0.3, 0.4) is 0 Å². The van der Waals surface area contributed by atoms with E-state index in [0.29, 0.717) is 15.9 Å². The molecule has 1 fully saturated rings. The lowest BCUT2D eigenvalue weighted by Crippen LogP contribution is -2.26. The molecule has 2 aromatic rings. The number of carbonyl (C=O) groups excluding carboxylic acids is 1. The van der Waals surface area contributed by atoms with Crippen molar-refractivity contribution in [3.05, 3.63) is 26.7 Å². The predicted molar refractivity (Wildman–Crippen MR) is 103 cm³/mol. The lowest BCUT2D eigenvalue weighted by atomic mass is 9.97. The van der Waals surface area contributed by atoms with E-state index in [1.54, 1.807) is 11.3 Å². The van der Waals surface area contributed by atoms with Gasteiger partial charge in [0.1, 0.15) is 4.88 Å². The molecule has 8 heteroatoms. The van der Waals surface area contributed by atoms with Crippen molar-refractivity contribution in [1.82, 2.24) is 15.3 Å². The number of piperidine rings is 1. The summed E-state index contributed by atoms with van der Waals surface area (Å²) in [5.41, 5.74) is 0.811. The maximum absolute atomic E-state index is 12.5. The second-order valence-electron chi connectivity index (χ2n) is 5.82. The number of anilines is 1. The van der Waals surface area contributed by atoms with E-state index in [0.717, 1.165) is 49.5 Å². The number of nitrogens with zero attached hydrogens (tertiary/aromatic N) is 2. The molecule has 1 amide bonds. The fraction of sp³-hybridized carbons (Fsp3) is 0.562. The minimum absolute atomic E-state index is 0. The summed E-state index contributed by atoms with van der Waals surface area (Å²) < 4.78 is 0. The molecular formula is C16H23ClN4OS2. The fourth-order valence-corrected chi connectivity index (χ4v) is 4.82. The Bertz CT molecular complexity index is 679. The van der Waals surface area contributed by atoms with Crippen molar-refractivity contribution in [2.75, 3.05) is 18.4 Å². The third-order valence-corrected chi connectivity index (χ3v) is 6.29. The number of nitrogens with one attached hydrogen (secondary N) is 2. The maximum atomic E-state index is 12.5. The molecule has 0 spiro atoms. The molecule has 0 unspecified atom stereocenters. The van der Waals surface area contributed by atoms with Crippen molar-refractivity contribution < 1.29 is 4.79 Å². The first-order chi connectivity index (χ1) is 11.2. The predicted octanol–water partition coefficient (Wildman–Crippen LogP) is 4.00. The van der Waals surface area contributed by atoms with E-state index in [4.69, 9.17) is 0 Å². The van der Waals surface area contributed by atoms with Gasteiger partial charge in [-0.25, -0.2) is 9.97 Å². The Labute approximate surface area is 156 Å². The smallest absolute Gasteiger partial charge is 0.269 e. The molecule has 0 saturated carbocycles. The Kier molecular flexibility index (Phi) is 7.16. The Morgan fingerprint density at radius 2 is 2.12 bits per heavy atom. The highest BCUT2D eigenvalue weighted by Gasteiger charge is 2.20. The second kappa shape index (κ2) is 8.89. The highest BCUT2D eigenvalue weighted by molar-refractivity contribution is 7.16. The summed E-state index contributed by atoms with van der Waals surface area (Å²) in [5, 5.41) is 8.03. The zero-order chi connectivity index (χ0) is 16.2. The molecule has 1 aliphatic heterocycles. The number of rotatable bonds is 5. The summed E-state index contributed by atoms with van der Waals surface area (Å²) in [4.78, 5) is 23.3. The zero-order valence-corrected chi connectivity index (χ0v) is 16.4. The monoisotopic (exact) mass is 386 g/mol. The summed E-state index contributed by atoms with van der Waals surface area (Å²) in [6.07, 6.45) is 6.17.